The molecule has 1 heterocycles. The Hall–Kier alpha value is -2.33. The molecule has 0 radical (unpaired) electrons. The van der Waals surface area contributed by atoms with Crippen LogP contribution in [0.15, 0.2) is 83.0 Å². The molecule has 0 aromatic heterocycles. The van der Waals surface area contributed by atoms with Crippen LogP contribution in [0.5, 0.6) is 0 Å². The minimum Gasteiger partial charge on any atom is -0.254 e. The van der Waals surface area contributed by atoms with Crippen LogP contribution in [-0.2, 0) is 15.7 Å². The predicted octanol–water partition coefficient (Wildman–Crippen LogP) is 4.99. The molecule has 0 saturated carbocycles. The number of azo groups is 1. The Morgan fingerprint density at radius 2 is 1.46 bits per heavy atom. The molecule has 120 valence electrons. The summed E-state index contributed by atoms with van der Waals surface area (Å²) in [5.74, 6) is 0. The number of nitrogens with zero attached hydrogens (tertiary/aromatic N) is 2. The Bertz CT molecular complexity index is 960. The molecule has 3 aromatic rings. The van der Waals surface area contributed by atoms with Crippen LogP contribution in [-0.4, -0.2) is 9.08 Å². The Morgan fingerprint density at radius 1 is 0.792 bits per heavy atom. The number of fused-ring (bicyclic) bond motifs is 1. The molecule has 3 aromatic carbocycles. The highest BCUT2D eigenvalue weighted by Gasteiger charge is 2.53. The van der Waals surface area contributed by atoms with Crippen molar-refractivity contribution in [3.05, 3.63) is 83.9 Å². The first-order valence-electron chi connectivity index (χ1n) is 7.95. The zero-order chi connectivity index (χ0) is 16.8. The van der Waals surface area contributed by atoms with E-state index >= 15 is 0 Å². The van der Waals surface area contributed by atoms with Gasteiger partial charge < -0.3 is 0 Å². The van der Waals surface area contributed by atoms with E-state index in [1.54, 1.807) is 0 Å². The first-order chi connectivity index (χ1) is 11.6. The van der Waals surface area contributed by atoms with Gasteiger partial charge in [-0.25, -0.2) is 0 Å². The molecule has 2 atom stereocenters. The molecule has 0 saturated heterocycles. The number of rotatable bonds is 2. The summed E-state index contributed by atoms with van der Waals surface area (Å²) in [6.07, 6.45) is 0. The largest absolute Gasteiger partial charge is 0.254 e. The highest BCUT2D eigenvalue weighted by molar-refractivity contribution is 7.87. The summed E-state index contributed by atoms with van der Waals surface area (Å²) in [4.78, 5) is -1.68. The molecule has 0 aliphatic carbocycles. The molecule has 0 N–H and O–H groups in total. The summed E-state index contributed by atoms with van der Waals surface area (Å²) < 4.78 is 13.5. The fourth-order valence-corrected chi connectivity index (χ4v) is 4.97. The zero-order valence-corrected chi connectivity index (χ0v) is 14.5. The quantitative estimate of drug-likeness (QED) is 0.651. The van der Waals surface area contributed by atoms with Crippen LogP contribution in [0.3, 0.4) is 0 Å². The normalized spacial score (nSPS) is 25.2. The fraction of sp³-hybridized carbons (Fsp3) is 0.200. The van der Waals surface area contributed by atoms with Crippen LogP contribution in [0.1, 0.15) is 25.0 Å². The van der Waals surface area contributed by atoms with Gasteiger partial charge >= 0.3 is 0 Å². The summed E-state index contributed by atoms with van der Waals surface area (Å²) in [5.41, 5.74) is 1.86. The second kappa shape index (κ2) is 5.35. The summed E-state index contributed by atoms with van der Waals surface area (Å²) >= 11 is 0. The van der Waals surface area contributed by atoms with Gasteiger partial charge in [-0.3, -0.25) is 4.21 Å². The molecule has 24 heavy (non-hydrogen) atoms. The standard InChI is InChI=1S/C20H18N2OS/c1-19(2)21-22-20(24(19)23,16-11-4-3-5-12-16)18-14-8-10-15-9-6-7-13-17(15)18/h3-14H,1-2H3/t20-,24-/m0/s1. The zero-order valence-electron chi connectivity index (χ0n) is 13.6. The van der Waals surface area contributed by atoms with Crippen LogP contribution < -0.4 is 0 Å². The van der Waals surface area contributed by atoms with Gasteiger partial charge in [0, 0.05) is 5.56 Å². The monoisotopic (exact) mass is 334 g/mol. The molecular formula is C20H18N2OS. The fourth-order valence-electron chi connectivity index (χ4n) is 3.29. The van der Waals surface area contributed by atoms with Gasteiger partial charge in [-0.1, -0.05) is 72.8 Å². The molecule has 3 nitrogen and oxygen atoms in total. The Kier molecular flexibility index (Phi) is 3.39. The number of benzene rings is 3. The van der Waals surface area contributed by atoms with E-state index in [-0.39, 0.29) is 0 Å². The Balaban J connectivity index is 2.09. The van der Waals surface area contributed by atoms with Crippen LogP contribution in [0.25, 0.3) is 10.8 Å². The lowest BCUT2D eigenvalue weighted by molar-refractivity contribution is 0.639. The van der Waals surface area contributed by atoms with E-state index < -0.39 is 20.5 Å². The van der Waals surface area contributed by atoms with Crippen LogP contribution in [0, 0.1) is 0 Å². The second-order valence-corrected chi connectivity index (χ2v) is 8.58. The first-order valence-corrected chi connectivity index (χ1v) is 9.10. The average molecular weight is 334 g/mol. The maximum atomic E-state index is 13.5. The third-order valence-corrected chi connectivity index (χ3v) is 6.54. The van der Waals surface area contributed by atoms with Gasteiger partial charge in [0.2, 0.25) is 4.87 Å². The van der Waals surface area contributed by atoms with Crippen molar-refractivity contribution in [1.29, 1.82) is 0 Å². The highest BCUT2D eigenvalue weighted by Crippen LogP contribution is 2.49. The predicted molar refractivity (Wildman–Crippen MR) is 98.2 cm³/mol. The van der Waals surface area contributed by atoms with E-state index in [1.807, 2.05) is 68.4 Å². The van der Waals surface area contributed by atoms with Gasteiger partial charge in [-0.15, -0.1) is 0 Å². The summed E-state index contributed by atoms with van der Waals surface area (Å²) in [6, 6.07) is 24.1. The van der Waals surface area contributed by atoms with Crippen molar-refractivity contribution in [2.24, 2.45) is 10.2 Å². The Labute approximate surface area is 143 Å². The van der Waals surface area contributed by atoms with Crippen molar-refractivity contribution < 1.29 is 4.21 Å². The van der Waals surface area contributed by atoms with E-state index in [0.717, 1.165) is 21.9 Å². The van der Waals surface area contributed by atoms with E-state index in [2.05, 4.69) is 28.4 Å². The minimum atomic E-state index is -1.32. The molecule has 0 amide bonds. The summed E-state index contributed by atoms with van der Waals surface area (Å²) in [6.45, 7) is 3.75. The molecule has 1 aliphatic rings. The highest BCUT2D eigenvalue weighted by atomic mass is 32.2. The van der Waals surface area contributed by atoms with Gasteiger partial charge in [-0.2, -0.15) is 10.2 Å². The van der Waals surface area contributed by atoms with Crippen molar-refractivity contribution >= 4 is 21.6 Å². The lowest BCUT2D eigenvalue weighted by atomic mass is 9.93. The van der Waals surface area contributed by atoms with Gasteiger partial charge in [0.1, 0.15) is 0 Å². The van der Waals surface area contributed by atoms with Crippen molar-refractivity contribution in [2.75, 3.05) is 0 Å². The molecule has 4 heteroatoms. The third kappa shape index (κ3) is 2.06. The SMILES string of the molecule is CC1(C)N=N[C@](c2ccccc2)(c2cccc3ccccc23)[S@]1=O. The number of hydrogen-bond acceptors (Lipinski definition) is 3. The van der Waals surface area contributed by atoms with Crippen molar-refractivity contribution in [3.63, 3.8) is 0 Å². The average Bonchev–Trinajstić information content (AvgIpc) is 2.86. The van der Waals surface area contributed by atoms with E-state index in [0.29, 0.717) is 0 Å². The Morgan fingerprint density at radius 3 is 2.17 bits per heavy atom. The minimum absolute atomic E-state index is 0.715. The lowest BCUT2D eigenvalue weighted by Gasteiger charge is -2.28. The van der Waals surface area contributed by atoms with Crippen LogP contribution >= 0.6 is 0 Å². The smallest absolute Gasteiger partial charge is 0.208 e. The molecule has 1 aliphatic heterocycles. The van der Waals surface area contributed by atoms with Gasteiger partial charge in [0.15, 0.2) is 4.87 Å². The molecule has 0 fully saturated rings. The lowest BCUT2D eigenvalue weighted by Crippen LogP contribution is -2.35. The molecular weight excluding hydrogens is 316 g/mol. The van der Waals surface area contributed by atoms with E-state index in [4.69, 9.17) is 0 Å². The second-order valence-electron chi connectivity index (χ2n) is 6.45. The molecule has 4 rings (SSSR count). The molecule has 0 unspecified atom stereocenters. The maximum Gasteiger partial charge on any atom is 0.208 e. The summed E-state index contributed by atoms with van der Waals surface area (Å²) in [5, 5.41) is 11.2. The van der Waals surface area contributed by atoms with E-state index in [9.17, 15) is 4.21 Å². The maximum absolute atomic E-state index is 13.5. The molecule has 0 bridgehead atoms. The molecule has 0 spiro atoms. The first kappa shape index (κ1) is 15.2. The van der Waals surface area contributed by atoms with Crippen molar-refractivity contribution in [1.82, 2.24) is 0 Å². The topological polar surface area (TPSA) is 41.8 Å². The van der Waals surface area contributed by atoms with Crippen LogP contribution in [0.4, 0.5) is 0 Å². The van der Waals surface area contributed by atoms with Gasteiger partial charge in [0.25, 0.3) is 0 Å². The van der Waals surface area contributed by atoms with Gasteiger partial charge in [0.05, 0.1) is 10.8 Å². The van der Waals surface area contributed by atoms with Crippen molar-refractivity contribution in [2.45, 2.75) is 23.6 Å². The number of hydrogen-bond donors (Lipinski definition) is 0. The van der Waals surface area contributed by atoms with Gasteiger partial charge in [-0.05, 0) is 30.2 Å². The summed E-state index contributed by atoms with van der Waals surface area (Å²) in [7, 11) is -1.32. The van der Waals surface area contributed by atoms with E-state index in [1.165, 1.54) is 0 Å². The van der Waals surface area contributed by atoms with Crippen LogP contribution in [0.2, 0.25) is 0 Å². The van der Waals surface area contributed by atoms with Crippen molar-refractivity contribution in [3.8, 4) is 0 Å². The third-order valence-electron chi connectivity index (χ3n) is 4.47.